The number of halogens is 1. The van der Waals surface area contributed by atoms with Crippen LogP contribution in [-0.4, -0.2) is 0 Å². The van der Waals surface area contributed by atoms with Crippen LogP contribution in [0.25, 0.3) is 0 Å². The Bertz CT molecular complexity index is 101. The first kappa shape index (κ1) is 7.77. The molecule has 0 aromatic carbocycles. The van der Waals surface area contributed by atoms with E-state index in [1.807, 2.05) is 12.2 Å². The molecule has 0 aromatic rings. The van der Waals surface area contributed by atoms with Crippen molar-refractivity contribution in [2.24, 2.45) is 5.92 Å². The van der Waals surface area contributed by atoms with Crippen molar-refractivity contribution in [3.8, 4) is 0 Å². The molecule has 0 spiro atoms. The molecule has 0 fully saturated rings. The van der Waals surface area contributed by atoms with Crippen LogP contribution in [0.5, 0.6) is 0 Å². The quantitative estimate of drug-likeness (QED) is 0.505. The molecule has 0 aliphatic carbocycles. The van der Waals surface area contributed by atoms with Crippen LogP contribution in [0.15, 0.2) is 23.8 Å². The highest BCUT2D eigenvalue weighted by Gasteiger charge is 1.81. The molecule has 1 heteroatoms. The van der Waals surface area contributed by atoms with E-state index in [0.717, 1.165) is 0 Å². The molecular formula is C7H11Cl. The van der Waals surface area contributed by atoms with Crippen LogP contribution in [0.1, 0.15) is 13.8 Å². The molecule has 0 heterocycles. The van der Waals surface area contributed by atoms with E-state index in [1.165, 1.54) is 0 Å². The third-order valence-electron chi connectivity index (χ3n) is 0.662. The SMILES string of the molecule is C=C(Cl)/C=C\C(C)C. The summed E-state index contributed by atoms with van der Waals surface area (Å²) in [5.74, 6) is 0.561. The van der Waals surface area contributed by atoms with Gasteiger partial charge >= 0.3 is 0 Å². The molecule has 0 unspecified atom stereocenters. The monoisotopic (exact) mass is 130 g/mol. The molecule has 0 saturated heterocycles. The molecule has 0 radical (unpaired) electrons. The number of allylic oxidation sites excluding steroid dienone is 3. The average molecular weight is 131 g/mol. The van der Waals surface area contributed by atoms with Gasteiger partial charge in [-0.2, -0.15) is 0 Å². The summed E-state index contributed by atoms with van der Waals surface area (Å²) >= 11 is 5.44. The highest BCUT2D eigenvalue weighted by Crippen LogP contribution is 2.01. The van der Waals surface area contributed by atoms with Gasteiger partial charge in [-0.15, -0.1) is 0 Å². The maximum absolute atomic E-state index is 5.44. The van der Waals surface area contributed by atoms with Gasteiger partial charge in [0.05, 0.1) is 0 Å². The van der Waals surface area contributed by atoms with Crippen LogP contribution >= 0.6 is 11.6 Å². The van der Waals surface area contributed by atoms with E-state index in [4.69, 9.17) is 11.6 Å². The van der Waals surface area contributed by atoms with Crippen molar-refractivity contribution >= 4 is 11.6 Å². The fraction of sp³-hybridized carbons (Fsp3) is 0.429. The summed E-state index contributed by atoms with van der Waals surface area (Å²) in [5.41, 5.74) is 0. The Kier molecular flexibility index (Phi) is 3.63. The second-order valence-corrected chi connectivity index (χ2v) is 2.54. The number of hydrogen-bond donors (Lipinski definition) is 0. The van der Waals surface area contributed by atoms with E-state index in [0.29, 0.717) is 11.0 Å². The summed E-state index contributed by atoms with van der Waals surface area (Å²) in [6, 6.07) is 0. The minimum Gasteiger partial charge on any atom is -0.0850 e. The summed E-state index contributed by atoms with van der Waals surface area (Å²) in [4.78, 5) is 0. The fourth-order valence-corrected chi connectivity index (χ4v) is 0.370. The van der Waals surface area contributed by atoms with E-state index >= 15 is 0 Å². The van der Waals surface area contributed by atoms with Crippen LogP contribution < -0.4 is 0 Å². The van der Waals surface area contributed by atoms with Crippen molar-refractivity contribution in [2.75, 3.05) is 0 Å². The number of rotatable bonds is 2. The van der Waals surface area contributed by atoms with Gasteiger partial charge in [-0.1, -0.05) is 38.1 Å². The molecule has 0 rings (SSSR count). The molecule has 0 aromatic heterocycles. The molecule has 0 N–H and O–H groups in total. The van der Waals surface area contributed by atoms with Crippen molar-refractivity contribution < 1.29 is 0 Å². The van der Waals surface area contributed by atoms with Gasteiger partial charge in [-0.3, -0.25) is 0 Å². The maximum atomic E-state index is 5.44. The first-order valence-electron chi connectivity index (χ1n) is 2.65. The van der Waals surface area contributed by atoms with Crippen LogP contribution in [0.3, 0.4) is 0 Å². The average Bonchev–Trinajstić information content (AvgIpc) is 1.61. The standard InChI is InChI=1S/C7H11Cl/c1-6(2)4-5-7(3)8/h4-6H,3H2,1-2H3/b5-4-. The van der Waals surface area contributed by atoms with Crippen molar-refractivity contribution in [1.29, 1.82) is 0 Å². The largest absolute Gasteiger partial charge is 0.0850 e. The van der Waals surface area contributed by atoms with Crippen LogP contribution in [0.2, 0.25) is 0 Å². The summed E-state index contributed by atoms with van der Waals surface area (Å²) in [5, 5.41) is 0.596. The van der Waals surface area contributed by atoms with Crippen molar-refractivity contribution in [2.45, 2.75) is 13.8 Å². The molecule has 0 nitrogen and oxygen atoms in total. The molecule has 8 heavy (non-hydrogen) atoms. The van der Waals surface area contributed by atoms with E-state index in [-0.39, 0.29) is 0 Å². The second-order valence-electron chi connectivity index (χ2n) is 2.05. The number of hydrogen-bond acceptors (Lipinski definition) is 0. The zero-order valence-electron chi connectivity index (χ0n) is 5.32. The lowest BCUT2D eigenvalue weighted by Crippen LogP contribution is -1.75. The Morgan fingerprint density at radius 1 is 1.62 bits per heavy atom. The Balaban J connectivity index is 3.50. The lowest BCUT2D eigenvalue weighted by atomic mass is 10.2. The van der Waals surface area contributed by atoms with Gasteiger partial charge in [0, 0.05) is 5.03 Å². The Morgan fingerprint density at radius 2 is 2.12 bits per heavy atom. The second kappa shape index (κ2) is 3.73. The zero-order valence-corrected chi connectivity index (χ0v) is 6.07. The van der Waals surface area contributed by atoms with Crippen LogP contribution in [0, 0.1) is 5.92 Å². The van der Waals surface area contributed by atoms with Gasteiger partial charge in [0.2, 0.25) is 0 Å². The van der Waals surface area contributed by atoms with E-state index < -0.39 is 0 Å². The smallest absolute Gasteiger partial charge is 0.0331 e. The molecule has 46 valence electrons. The topological polar surface area (TPSA) is 0 Å². The summed E-state index contributed by atoms with van der Waals surface area (Å²) in [7, 11) is 0. The van der Waals surface area contributed by atoms with Gasteiger partial charge < -0.3 is 0 Å². The zero-order chi connectivity index (χ0) is 6.57. The summed E-state index contributed by atoms with van der Waals surface area (Å²) in [6.45, 7) is 7.69. The molecule has 0 aliphatic rings. The van der Waals surface area contributed by atoms with E-state index in [1.54, 1.807) is 0 Å². The van der Waals surface area contributed by atoms with Gasteiger partial charge in [-0.05, 0) is 12.0 Å². The van der Waals surface area contributed by atoms with Crippen LogP contribution in [-0.2, 0) is 0 Å². The van der Waals surface area contributed by atoms with Gasteiger partial charge in [0.25, 0.3) is 0 Å². The minimum atomic E-state index is 0.561. The third-order valence-corrected chi connectivity index (χ3v) is 0.788. The maximum Gasteiger partial charge on any atom is 0.0331 e. The molecular weight excluding hydrogens is 120 g/mol. The lowest BCUT2D eigenvalue weighted by Gasteiger charge is -1.90. The molecule has 0 bridgehead atoms. The van der Waals surface area contributed by atoms with Gasteiger partial charge in [0.1, 0.15) is 0 Å². The van der Waals surface area contributed by atoms with Gasteiger partial charge in [0.15, 0.2) is 0 Å². The van der Waals surface area contributed by atoms with E-state index in [9.17, 15) is 0 Å². The predicted molar refractivity (Wildman–Crippen MR) is 39.0 cm³/mol. The minimum absolute atomic E-state index is 0.561. The normalized spacial score (nSPS) is 11.0. The molecule has 0 atom stereocenters. The highest BCUT2D eigenvalue weighted by molar-refractivity contribution is 6.30. The van der Waals surface area contributed by atoms with Crippen molar-refractivity contribution in [3.63, 3.8) is 0 Å². The predicted octanol–water partition coefficient (Wildman–Crippen LogP) is 2.95. The first-order valence-corrected chi connectivity index (χ1v) is 3.03. The third kappa shape index (κ3) is 5.77. The Labute approximate surface area is 55.9 Å². The molecule has 0 saturated carbocycles. The fourth-order valence-electron chi connectivity index (χ4n) is 0.297. The van der Waals surface area contributed by atoms with Gasteiger partial charge in [-0.25, -0.2) is 0 Å². The lowest BCUT2D eigenvalue weighted by molar-refractivity contribution is 0.831. The van der Waals surface area contributed by atoms with Crippen molar-refractivity contribution in [1.82, 2.24) is 0 Å². The highest BCUT2D eigenvalue weighted by atomic mass is 35.5. The summed E-state index contributed by atoms with van der Waals surface area (Å²) in [6.07, 6.45) is 3.82. The van der Waals surface area contributed by atoms with Crippen LogP contribution in [0.4, 0.5) is 0 Å². The van der Waals surface area contributed by atoms with E-state index in [2.05, 4.69) is 20.4 Å². The molecule has 0 amide bonds. The Morgan fingerprint density at radius 3 is 2.25 bits per heavy atom. The molecule has 0 aliphatic heterocycles. The first-order chi connectivity index (χ1) is 3.63. The summed E-state index contributed by atoms with van der Waals surface area (Å²) < 4.78 is 0. The van der Waals surface area contributed by atoms with Crippen molar-refractivity contribution in [3.05, 3.63) is 23.8 Å². The Hall–Kier alpha value is -0.230.